The van der Waals surface area contributed by atoms with Gasteiger partial charge in [0.05, 0.1) is 25.2 Å². The van der Waals surface area contributed by atoms with Gasteiger partial charge in [-0.25, -0.2) is 8.78 Å². The minimum atomic E-state index is -2.80. The average molecular weight is 344 g/mol. The van der Waals surface area contributed by atoms with Gasteiger partial charge in [0, 0.05) is 24.2 Å². The van der Waals surface area contributed by atoms with Crippen molar-refractivity contribution < 1.29 is 18.3 Å². The van der Waals surface area contributed by atoms with Gasteiger partial charge in [-0.05, 0) is 24.6 Å². The zero-order valence-corrected chi connectivity index (χ0v) is 14.1. The predicted molar refractivity (Wildman–Crippen MR) is 87.0 cm³/mol. The number of ether oxygens (including phenoxy) is 1. The van der Waals surface area contributed by atoms with Crippen molar-refractivity contribution in [2.24, 2.45) is 0 Å². The maximum atomic E-state index is 13.1. The third kappa shape index (κ3) is 5.44. The minimum Gasteiger partial charge on any atom is -0.384 e. The van der Waals surface area contributed by atoms with Gasteiger partial charge in [-0.2, -0.15) is 0 Å². The molecule has 0 bridgehead atoms. The van der Waals surface area contributed by atoms with Gasteiger partial charge < -0.3 is 10.1 Å². The molecule has 0 saturated carbocycles. The number of benzene rings is 1. The van der Waals surface area contributed by atoms with E-state index < -0.39 is 24.9 Å². The largest absolute Gasteiger partial charge is 0.384 e. The molecule has 0 aromatic heterocycles. The van der Waals surface area contributed by atoms with E-state index in [1.807, 2.05) is 31.2 Å². The van der Waals surface area contributed by atoms with E-state index >= 15 is 0 Å². The van der Waals surface area contributed by atoms with Gasteiger partial charge in [-0.1, -0.05) is 12.1 Å². The van der Waals surface area contributed by atoms with E-state index in [9.17, 15) is 13.6 Å². The molecule has 1 amide bonds. The number of hydrogen-bond donors (Lipinski definition) is 2. The summed E-state index contributed by atoms with van der Waals surface area (Å²) in [7, 11) is 1.67. The SMILES string of the molecule is COCCSc1ccc(C(C)NC(=O)C2CC(F)(F)CN2)cc1. The van der Waals surface area contributed by atoms with Gasteiger partial charge in [0.1, 0.15) is 0 Å². The number of thioether (sulfide) groups is 1. The highest BCUT2D eigenvalue weighted by atomic mass is 32.2. The number of hydrogen-bond acceptors (Lipinski definition) is 4. The molecule has 128 valence electrons. The van der Waals surface area contributed by atoms with E-state index in [-0.39, 0.29) is 11.9 Å². The lowest BCUT2D eigenvalue weighted by molar-refractivity contribution is -0.124. The summed E-state index contributed by atoms with van der Waals surface area (Å²) in [5.41, 5.74) is 0.944. The molecule has 1 aromatic carbocycles. The average Bonchev–Trinajstić information content (AvgIpc) is 2.88. The molecular weight excluding hydrogens is 322 g/mol. The van der Waals surface area contributed by atoms with E-state index in [0.717, 1.165) is 16.2 Å². The summed E-state index contributed by atoms with van der Waals surface area (Å²) in [5.74, 6) is -2.30. The van der Waals surface area contributed by atoms with Crippen LogP contribution in [0.1, 0.15) is 24.9 Å². The lowest BCUT2D eigenvalue weighted by Gasteiger charge is -2.18. The Kier molecular flexibility index (Phi) is 6.38. The summed E-state index contributed by atoms with van der Waals surface area (Å²) in [4.78, 5) is 13.2. The molecule has 4 nitrogen and oxygen atoms in total. The maximum Gasteiger partial charge on any atom is 0.262 e. The van der Waals surface area contributed by atoms with Gasteiger partial charge in [0.15, 0.2) is 0 Å². The monoisotopic (exact) mass is 344 g/mol. The molecule has 1 fully saturated rings. The number of methoxy groups -OCH3 is 1. The second-order valence-electron chi connectivity index (χ2n) is 5.63. The van der Waals surface area contributed by atoms with Crippen LogP contribution in [0.2, 0.25) is 0 Å². The van der Waals surface area contributed by atoms with Crippen LogP contribution in [-0.2, 0) is 9.53 Å². The molecule has 7 heteroatoms. The standard InChI is InChI=1S/C16H22F2N2O2S/c1-11(20-15(21)14-9-16(17,18)10-19-14)12-3-5-13(6-4-12)23-8-7-22-2/h3-6,11,14,19H,7-10H2,1-2H3,(H,20,21). The van der Waals surface area contributed by atoms with Crippen LogP contribution in [0.25, 0.3) is 0 Å². The van der Waals surface area contributed by atoms with Crippen molar-refractivity contribution in [3.63, 3.8) is 0 Å². The number of carbonyl (C=O) groups is 1. The molecule has 2 rings (SSSR count). The molecule has 0 spiro atoms. The smallest absolute Gasteiger partial charge is 0.262 e. The Bertz CT molecular complexity index is 525. The Morgan fingerprint density at radius 2 is 2.17 bits per heavy atom. The van der Waals surface area contributed by atoms with Crippen molar-refractivity contribution >= 4 is 17.7 Å². The first-order valence-corrected chi connectivity index (χ1v) is 8.53. The molecule has 1 saturated heterocycles. The molecule has 1 aromatic rings. The Morgan fingerprint density at radius 3 is 2.74 bits per heavy atom. The van der Waals surface area contributed by atoms with Crippen LogP contribution in [-0.4, -0.2) is 43.9 Å². The Morgan fingerprint density at radius 1 is 1.48 bits per heavy atom. The van der Waals surface area contributed by atoms with Crippen LogP contribution in [0.4, 0.5) is 8.78 Å². The second-order valence-corrected chi connectivity index (χ2v) is 6.80. The van der Waals surface area contributed by atoms with Gasteiger partial charge in [0.2, 0.25) is 5.91 Å². The fraction of sp³-hybridized carbons (Fsp3) is 0.562. The number of halogens is 2. The Balaban J connectivity index is 1.85. The normalized spacial score (nSPS) is 21.1. The van der Waals surface area contributed by atoms with Crippen molar-refractivity contribution in [2.75, 3.05) is 26.0 Å². The molecule has 1 aliphatic heterocycles. The van der Waals surface area contributed by atoms with Crippen molar-refractivity contribution in [3.8, 4) is 0 Å². The summed E-state index contributed by atoms with van der Waals surface area (Å²) in [5, 5.41) is 5.35. The first kappa shape index (κ1) is 18.2. The number of alkyl halides is 2. The lowest BCUT2D eigenvalue weighted by Crippen LogP contribution is -2.41. The van der Waals surface area contributed by atoms with Crippen LogP contribution in [0.5, 0.6) is 0 Å². The number of nitrogens with one attached hydrogen (secondary N) is 2. The lowest BCUT2D eigenvalue weighted by atomic mass is 10.1. The first-order valence-electron chi connectivity index (χ1n) is 7.54. The molecule has 2 unspecified atom stereocenters. The van der Waals surface area contributed by atoms with E-state index in [1.54, 1.807) is 18.9 Å². The van der Waals surface area contributed by atoms with Crippen molar-refractivity contribution in [2.45, 2.75) is 36.2 Å². The topological polar surface area (TPSA) is 50.4 Å². The molecule has 2 N–H and O–H groups in total. The summed E-state index contributed by atoms with van der Waals surface area (Å²) in [6, 6.07) is 6.81. The number of rotatable bonds is 7. The first-order chi connectivity index (χ1) is 10.9. The third-order valence-corrected chi connectivity index (χ3v) is 4.70. The van der Waals surface area contributed by atoms with Crippen molar-refractivity contribution in [1.29, 1.82) is 0 Å². The molecular formula is C16H22F2N2O2S. The highest BCUT2D eigenvalue weighted by molar-refractivity contribution is 7.99. The van der Waals surface area contributed by atoms with Gasteiger partial charge in [-0.3, -0.25) is 10.1 Å². The quantitative estimate of drug-likeness (QED) is 0.590. The second kappa shape index (κ2) is 8.08. The number of amides is 1. The van der Waals surface area contributed by atoms with Crippen molar-refractivity contribution in [3.05, 3.63) is 29.8 Å². The molecule has 1 heterocycles. The van der Waals surface area contributed by atoms with Crippen LogP contribution >= 0.6 is 11.8 Å². The Hall–Kier alpha value is -1.18. The molecule has 1 aliphatic rings. The van der Waals surface area contributed by atoms with Crippen molar-refractivity contribution in [1.82, 2.24) is 10.6 Å². The van der Waals surface area contributed by atoms with Gasteiger partial charge in [0.25, 0.3) is 5.92 Å². The fourth-order valence-corrected chi connectivity index (χ4v) is 3.21. The van der Waals surface area contributed by atoms with E-state index in [4.69, 9.17) is 4.74 Å². The third-order valence-electron chi connectivity index (χ3n) is 3.72. The predicted octanol–water partition coefficient (Wildman–Crippen LogP) is 2.60. The van der Waals surface area contributed by atoms with Crippen LogP contribution in [0.15, 0.2) is 29.2 Å². The molecule has 2 atom stereocenters. The van der Waals surface area contributed by atoms with Crippen LogP contribution in [0.3, 0.4) is 0 Å². The van der Waals surface area contributed by atoms with E-state index in [0.29, 0.717) is 6.61 Å². The van der Waals surface area contributed by atoms with Crippen LogP contribution < -0.4 is 10.6 Å². The molecule has 0 aliphatic carbocycles. The summed E-state index contributed by atoms with van der Waals surface area (Å²) < 4.78 is 31.3. The molecule has 23 heavy (non-hydrogen) atoms. The maximum absolute atomic E-state index is 13.1. The zero-order valence-electron chi connectivity index (χ0n) is 13.3. The number of carbonyl (C=O) groups excluding carboxylic acids is 1. The highest BCUT2D eigenvalue weighted by Gasteiger charge is 2.42. The summed E-state index contributed by atoms with van der Waals surface area (Å²) >= 11 is 1.69. The summed E-state index contributed by atoms with van der Waals surface area (Å²) in [6.45, 7) is 2.10. The van der Waals surface area contributed by atoms with Gasteiger partial charge in [-0.15, -0.1) is 11.8 Å². The molecule has 0 radical (unpaired) electrons. The van der Waals surface area contributed by atoms with E-state index in [2.05, 4.69) is 10.6 Å². The fourth-order valence-electron chi connectivity index (χ4n) is 2.39. The summed E-state index contributed by atoms with van der Waals surface area (Å²) in [6.07, 6.45) is -0.444. The minimum absolute atomic E-state index is 0.225. The highest BCUT2D eigenvalue weighted by Crippen LogP contribution is 2.26. The van der Waals surface area contributed by atoms with Gasteiger partial charge >= 0.3 is 0 Å². The van der Waals surface area contributed by atoms with Crippen LogP contribution in [0, 0.1) is 0 Å². The zero-order chi connectivity index (χ0) is 16.9. The van der Waals surface area contributed by atoms with E-state index in [1.165, 1.54) is 0 Å². The Labute approximate surface area is 139 Å².